The van der Waals surface area contributed by atoms with Gasteiger partial charge in [0.15, 0.2) is 0 Å². The van der Waals surface area contributed by atoms with Crippen LogP contribution in [0.4, 0.5) is 0 Å². The maximum atomic E-state index is 12.9. The number of aliphatic hydroxyl groups is 1. The molecule has 0 bridgehead atoms. The molecule has 1 fully saturated rings. The molecule has 1 heterocycles. The van der Waals surface area contributed by atoms with Gasteiger partial charge in [-0.1, -0.05) is 42.6 Å². The van der Waals surface area contributed by atoms with Crippen molar-refractivity contribution >= 4 is 17.5 Å². The molecular formula is C18H22ClN3O2. The summed E-state index contributed by atoms with van der Waals surface area (Å²) in [7, 11) is 3.50. The Morgan fingerprint density at radius 2 is 2.04 bits per heavy atom. The zero-order valence-electron chi connectivity index (χ0n) is 14.0. The van der Waals surface area contributed by atoms with E-state index in [0.29, 0.717) is 22.8 Å². The summed E-state index contributed by atoms with van der Waals surface area (Å²) >= 11 is 6.27. The van der Waals surface area contributed by atoms with Crippen LogP contribution < -0.4 is 0 Å². The molecular weight excluding hydrogens is 326 g/mol. The van der Waals surface area contributed by atoms with Crippen LogP contribution in [0.2, 0.25) is 5.02 Å². The Balaban J connectivity index is 1.89. The molecule has 3 rings (SSSR count). The minimum absolute atomic E-state index is 0.154. The summed E-state index contributed by atoms with van der Waals surface area (Å²) in [6.07, 6.45) is 5.22. The largest absolute Gasteiger partial charge is 0.388 e. The Kier molecular flexibility index (Phi) is 4.65. The van der Waals surface area contributed by atoms with Gasteiger partial charge in [-0.2, -0.15) is 5.10 Å². The van der Waals surface area contributed by atoms with Crippen LogP contribution in [-0.4, -0.2) is 44.9 Å². The normalized spacial score (nSPS) is 16.3. The molecule has 6 heteroatoms. The van der Waals surface area contributed by atoms with Crippen LogP contribution >= 0.6 is 11.6 Å². The van der Waals surface area contributed by atoms with Gasteiger partial charge in [0.1, 0.15) is 5.69 Å². The first-order valence-electron chi connectivity index (χ1n) is 8.16. The molecule has 0 radical (unpaired) electrons. The fourth-order valence-corrected chi connectivity index (χ4v) is 3.63. The Morgan fingerprint density at radius 1 is 1.38 bits per heavy atom. The smallest absolute Gasteiger partial charge is 0.257 e. The summed E-state index contributed by atoms with van der Waals surface area (Å²) in [6, 6.07) is 7.35. The summed E-state index contributed by atoms with van der Waals surface area (Å²) in [5.41, 5.74) is 1.03. The van der Waals surface area contributed by atoms with Gasteiger partial charge in [0, 0.05) is 32.4 Å². The predicted octanol–water partition coefficient (Wildman–Crippen LogP) is 3.12. The van der Waals surface area contributed by atoms with Crippen LogP contribution in [0.15, 0.2) is 30.5 Å². The minimum Gasteiger partial charge on any atom is -0.388 e. The molecule has 5 nitrogen and oxygen atoms in total. The lowest BCUT2D eigenvalue weighted by Gasteiger charge is -2.28. The molecule has 0 spiro atoms. The van der Waals surface area contributed by atoms with E-state index in [1.807, 2.05) is 18.2 Å². The second-order valence-corrected chi connectivity index (χ2v) is 7.04. The highest BCUT2D eigenvalue weighted by molar-refractivity contribution is 6.33. The number of hydrogen-bond acceptors (Lipinski definition) is 3. The first-order valence-corrected chi connectivity index (χ1v) is 8.54. The van der Waals surface area contributed by atoms with Gasteiger partial charge in [0.05, 0.1) is 16.2 Å². The molecule has 2 aromatic rings. The van der Waals surface area contributed by atoms with E-state index in [0.717, 1.165) is 31.2 Å². The number of carbonyl (C=O) groups excluding carboxylic acids is 1. The van der Waals surface area contributed by atoms with Gasteiger partial charge in [-0.15, -0.1) is 0 Å². The highest BCUT2D eigenvalue weighted by atomic mass is 35.5. The highest BCUT2D eigenvalue weighted by Gasteiger charge is 2.34. The summed E-state index contributed by atoms with van der Waals surface area (Å²) in [5, 5.41) is 15.5. The Bertz CT molecular complexity index is 750. The van der Waals surface area contributed by atoms with Gasteiger partial charge in [0.25, 0.3) is 5.91 Å². The van der Waals surface area contributed by atoms with Crippen molar-refractivity contribution in [3.8, 4) is 11.3 Å². The predicted molar refractivity (Wildman–Crippen MR) is 94.0 cm³/mol. The number of rotatable bonds is 4. The summed E-state index contributed by atoms with van der Waals surface area (Å²) in [4.78, 5) is 14.5. The van der Waals surface area contributed by atoms with Crippen LogP contribution in [0.5, 0.6) is 0 Å². The number of aryl methyl sites for hydroxylation is 1. The van der Waals surface area contributed by atoms with E-state index < -0.39 is 5.60 Å². The van der Waals surface area contributed by atoms with Crippen molar-refractivity contribution in [1.82, 2.24) is 14.7 Å². The number of benzene rings is 1. The second kappa shape index (κ2) is 6.57. The fourth-order valence-electron chi connectivity index (χ4n) is 3.41. The van der Waals surface area contributed by atoms with Crippen LogP contribution in [0.1, 0.15) is 36.0 Å². The van der Waals surface area contributed by atoms with Gasteiger partial charge in [-0.05, 0) is 18.9 Å². The Morgan fingerprint density at radius 3 is 2.71 bits per heavy atom. The molecule has 0 aliphatic heterocycles. The standard InChI is InChI=1S/C18H22ClN3O2/c1-21(12-18(24)9-5-6-10-18)17(23)14-11-22(2)20-16(14)13-7-3-4-8-15(13)19/h3-4,7-8,11,24H,5-6,9-10,12H2,1-2H3. The SMILES string of the molecule is CN(CC1(O)CCCC1)C(=O)c1cn(C)nc1-c1ccccc1Cl. The maximum Gasteiger partial charge on any atom is 0.257 e. The lowest BCUT2D eigenvalue weighted by atomic mass is 10.0. The van der Waals surface area contributed by atoms with E-state index in [1.54, 1.807) is 35.9 Å². The van der Waals surface area contributed by atoms with Gasteiger partial charge in [-0.25, -0.2) is 0 Å². The van der Waals surface area contributed by atoms with E-state index >= 15 is 0 Å². The molecule has 24 heavy (non-hydrogen) atoms. The third-order valence-electron chi connectivity index (χ3n) is 4.60. The van der Waals surface area contributed by atoms with Crippen LogP contribution in [-0.2, 0) is 7.05 Å². The number of nitrogens with zero attached hydrogens (tertiary/aromatic N) is 3. The van der Waals surface area contributed by atoms with Crippen LogP contribution in [0.3, 0.4) is 0 Å². The van der Waals surface area contributed by atoms with Gasteiger partial charge >= 0.3 is 0 Å². The first kappa shape index (κ1) is 17.0. The molecule has 1 N–H and O–H groups in total. The van der Waals surface area contributed by atoms with Gasteiger partial charge in [0.2, 0.25) is 0 Å². The molecule has 0 unspecified atom stereocenters. The second-order valence-electron chi connectivity index (χ2n) is 6.64. The minimum atomic E-state index is -0.767. The maximum absolute atomic E-state index is 12.9. The van der Waals surface area contributed by atoms with Crippen molar-refractivity contribution in [2.24, 2.45) is 7.05 Å². The van der Waals surface area contributed by atoms with E-state index in [-0.39, 0.29) is 5.91 Å². The van der Waals surface area contributed by atoms with Crippen molar-refractivity contribution in [3.63, 3.8) is 0 Å². The van der Waals surface area contributed by atoms with Crippen molar-refractivity contribution < 1.29 is 9.90 Å². The van der Waals surface area contributed by atoms with Crippen LogP contribution in [0.25, 0.3) is 11.3 Å². The number of aromatic nitrogens is 2. The Hall–Kier alpha value is -1.85. The lowest BCUT2D eigenvalue weighted by molar-refractivity contribution is 0.0157. The van der Waals surface area contributed by atoms with Gasteiger partial charge < -0.3 is 10.0 Å². The highest BCUT2D eigenvalue weighted by Crippen LogP contribution is 2.32. The quantitative estimate of drug-likeness (QED) is 0.924. The molecule has 1 aromatic carbocycles. The lowest BCUT2D eigenvalue weighted by Crippen LogP contribution is -2.42. The molecule has 1 amide bonds. The monoisotopic (exact) mass is 347 g/mol. The number of amides is 1. The first-order chi connectivity index (χ1) is 11.4. The van der Waals surface area contributed by atoms with Crippen molar-refractivity contribution in [1.29, 1.82) is 0 Å². The summed E-state index contributed by atoms with van der Waals surface area (Å²) in [6.45, 7) is 0.336. The van der Waals surface area contributed by atoms with Gasteiger partial charge in [-0.3, -0.25) is 9.48 Å². The van der Waals surface area contributed by atoms with Crippen molar-refractivity contribution in [2.75, 3.05) is 13.6 Å². The number of carbonyl (C=O) groups is 1. The van der Waals surface area contributed by atoms with Crippen LogP contribution in [0, 0.1) is 0 Å². The third-order valence-corrected chi connectivity index (χ3v) is 4.93. The number of halogens is 1. The Labute approximate surface area is 146 Å². The third kappa shape index (κ3) is 3.32. The fraction of sp³-hybridized carbons (Fsp3) is 0.444. The molecule has 1 saturated carbocycles. The molecule has 0 atom stereocenters. The average Bonchev–Trinajstić information content (AvgIpc) is 3.13. The zero-order valence-corrected chi connectivity index (χ0v) is 14.8. The number of likely N-dealkylation sites (N-methyl/N-ethyl adjacent to an activating group) is 1. The summed E-state index contributed by atoms with van der Waals surface area (Å²) in [5.74, 6) is -0.154. The van der Waals surface area contributed by atoms with E-state index in [1.165, 1.54) is 0 Å². The van der Waals surface area contributed by atoms with E-state index in [9.17, 15) is 9.90 Å². The zero-order chi connectivity index (χ0) is 17.3. The average molecular weight is 348 g/mol. The molecule has 1 aromatic heterocycles. The summed E-state index contributed by atoms with van der Waals surface area (Å²) < 4.78 is 1.62. The molecule has 0 saturated heterocycles. The molecule has 1 aliphatic carbocycles. The molecule has 1 aliphatic rings. The van der Waals surface area contributed by atoms with E-state index in [4.69, 9.17) is 11.6 Å². The van der Waals surface area contributed by atoms with Crippen molar-refractivity contribution in [2.45, 2.75) is 31.3 Å². The number of hydrogen-bond donors (Lipinski definition) is 1. The van der Waals surface area contributed by atoms with E-state index in [2.05, 4.69) is 5.10 Å². The molecule has 128 valence electrons. The van der Waals surface area contributed by atoms with Crippen molar-refractivity contribution in [3.05, 3.63) is 41.0 Å². The topological polar surface area (TPSA) is 58.4 Å².